The van der Waals surface area contributed by atoms with Crippen LogP contribution in [-0.4, -0.2) is 88.2 Å². The number of ether oxygens (including phenoxy) is 1. The summed E-state index contributed by atoms with van der Waals surface area (Å²) < 4.78 is 34.3. The monoisotopic (exact) mass is 835 g/mol. The summed E-state index contributed by atoms with van der Waals surface area (Å²) in [6.45, 7) is 9.28. The molecule has 3 aliphatic rings. The van der Waals surface area contributed by atoms with Gasteiger partial charge in [0.25, 0.3) is 5.91 Å². The van der Waals surface area contributed by atoms with Crippen LogP contribution in [0.1, 0.15) is 70.9 Å². The number of aromatic nitrogens is 3. The van der Waals surface area contributed by atoms with Crippen LogP contribution in [0.2, 0.25) is 0 Å². The van der Waals surface area contributed by atoms with Crippen LogP contribution in [0.3, 0.4) is 0 Å². The van der Waals surface area contributed by atoms with Gasteiger partial charge in [-0.25, -0.2) is 13.2 Å². The van der Waals surface area contributed by atoms with Crippen molar-refractivity contribution in [3.8, 4) is 22.5 Å². The Balaban J connectivity index is 1.18. The maximum atomic E-state index is 14.8. The summed E-state index contributed by atoms with van der Waals surface area (Å²) in [5, 5.41) is 15.6. The van der Waals surface area contributed by atoms with E-state index in [1.807, 2.05) is 87.5 Å². The van der Waals surface area contributed by atoms with Gasteiger partial charge in [-0.1, -0.05) is 118 Å². The summed E-state index contributed by atoms with van der Waals surface area (Å²) in [6, 6.07) is 25.4. The number of hydrogen-bond acceptors (Lipinski definition) is 9. The maximum absolute atomic E-state index is 14.8. The summed E-state index contributed by atoms with van der Waals surface area (Å²) in [5.74, 6) is -2.96. The molecule has 1 aromatic heterocycles. The van der Waals surface area contributed by atoms with Crippen molar-refractivity contribution in [3.05, 3.63) is 109 Å². The molecule has 7 rings (SSSR count). The minimum atomic E-state index is -4.09. The molecule has 2 heterocycles. The molecule has 0 spiro atoms. The van der Waals surface area contributed by atoms with E-state index >= 15 is 0 Å². The normalized spacial score (nSPS) is 22.1. The van der Waals surface area contributed by atoms with Crippen LogP contribution < -0.4 is 15.4 Å². The fourth-order valence-corrected chi connectivity index (χ4v) is 9.25. The average molecular weight is 836 g/mol. The zero-order valence-electron chi connectivity index (χ0n) is 34.3. The highest BCUT2D eigenvalue weighted by Gasteiger charge is 2.61. The number of benzene rings is 3. The smallest absolute Gasteiger partial charge is 0.408 e. The Hall–Kier alpha value is -5.83. The van der Waals surface area contributed by atoms with E-state index in [1.54, 1.807) is 24.3 Å². The van der Waals surface area contributed by atoms with Gasteiger partial charge in [0, 0.05) is 30.0 Å². The van der Waals surface area contributed by atoms with Crippen molar-refractivity contribution < 1.29 is 32.3 Å². The molecule has 4 aromatic rings. The molecule has 1 aliphatic heterocycles. The third kappa shape index (κ3) is 9.46. The molecule has 3 aromatic carbocycles. The lowest BCUT2D eigenvalue weighted by Gasteiger charge is -2.35. The van der Waals surface area contributed by atoms with Crippen molar-refractivity contribution in [1.82, 2.24) is 35.2 Å². The molecule has 2 aliphatic carbocycles. The van der Waals surface area contributed by atoms with E-state index in [1.165, 1.54) is 15.8 Å². The van der Waals surface area contributed by atoms with Gasteiger partial charge in [0.2, 0.25) is 21.8 Å². The molecular formula is C45H53N7O7S. The number of rotatable bonds is 14. The number of carbonyl (C=O) groups is 4. The Morgan fingerprint density at radius 2 is 1.47 bits per heavy atom. The van der Waals surface area contributed by atoms with E-state index in [-0.39, 0.29) is 37.7 Å². The molecule has 3 N–H and O–H groups in total. The Bertz CT molecular complexity index is 2250. The molecule has 3 fully saturated rings. The standard InChI is InChI=1S/C45H53N7O7S/c1-5-33-28-45(33,42(55)50-60(57,58)26-25-30-17-9-6-10-18-30)47-40(53)36-27-34(29-51(36)41(54)39(44(2,3)4)46-43(56)59-35-23-15-16-24-35)52-48-37(31-19-11-7-12-20-31)38(49-52)32-21-13-8-14-22-32/h5-14,17-22,33-36,39H,1,15-16,23-29H2,2-4H3,(H,46,56)(H,47,53)(H,50,55). The van der Waals surface area contributed by atoms with Crippen molar-refractivity contribution >= 4 is 33.8 Å². The number of likely N-dealkylation sites (tertiary alicyclic amines) is 1. The third-order valence-corrected chi connectivity index (χ3v) is 12.9. The minimum Gasteiger partial charge on any atom is -0.446 e. The molecule has 5 unspecified atom stereocenters. The van der Waals surface area contributed by atoms with E-state index < -0.39 is 68.8 Å². The van der Waals surface area contributed by atoms with Crippen molar-refractivity contribution in [2.45, 2.75) is 95.5 Å². The van der Waals surface area contributed by atoms with Gasteiger partial charge in [-0.15, -0.1) is 6.58 Å². The van der Waals surface area contributed by atoms with Gasteiger partial charge in [-0.05, 0) is 49.5 Å². The topological polar surface area (TPSA) is 182 Å². The molecule has 1 saturated heterocycles. The average Bonchev–Trinajstić information content (AvgIpc) is 3.65. The number of nitrogens with zero attached hydrogens (tertiary/aromatic N) is 4. The highest BCUT2D eigenvalue weighted by Crippen LogP contribution is 2.45. The summed E-state index contributed by atoms with van der Waals surface area (Å²) >= 11 is 0. The van der Waals surface area contributed by atoms with Crippen molar-refractivity contribution in [2.75, 3.05) is 12.3 Å². The summed E-state index contributed by atoms with van der Waals surface area (Å²) in [4.78, 5) is 59.6. The minimum absolute atomic E-state index is 0.00204. The van der Waals surface area contributed by atoms with Gasteiger partial charge in [0.15, 0.2) is 0 Å². The van der Waals surface area contributed by atoms with Gasteiger partial charge < -0.3 is 20.3 Å². The molecule has 0 bridgehead atoms. The first-order valence-corrected chi connectivity index (χ1v) is 22.2. The second-order valence-electron chi connectivity index (χ2n) is 17.1. The molecular weight excluding hydrogens is 783 g/mol. The number of carbonyl (C=O) groups excluding carboxylic acids is 4. The van der Waals surface area contributed by atoms with Gasteiger partial charge >= 0.3 is 6.09 Å². The van der Waals surface area contributed by atoms with Crippen molar-refractivity contribution in [1.29, 1.82) is 0 Å². The molecule has 0 radical (unpaired) electrons. The molecule has 316 valence electrons. The maximum Gasteiger partial charge on any atom is 0.408 e. The summed E-state index contributed by atoms with van der Waals surface area (Å²) in [7, 11) is -4.09. The van der Waals surface area contributed by atoms with Gasteiger partial charge in [-0.2, -0.15) is 15.0 Å². The first kappa shape index (κ1) is 42.3. The predicted molar refractivity (Wildman–Crippen MR) is 226 cm³/mol. The van der Waals surface area contributed by atoms with E-state index in [2.05, 4.69) is 21.9 Å². The molecule has 5 atom stereocenters. The zero-order chi connectivity index (χ0) is 42.7. The van der Waals surface area contributed by atoms with Crippen LogP contribution in [0, 0.1) is 11.3 Å². The van der Waals surface area contributed by atoms with Gasteiger partial charge in [0.1, 0.15) is 35.1 Å². The lowest BCUT2D eigenvalue weighted by molar-refractivity contribution is -0.142. The van der Waals surface area contributed by atoms with Crippen molar-refractivity contribution in [2.24, 2.45) is 11.3 Å². The zero-order valence-corrected chi connectivity index (χ0v) is 35.1. The first-order valence-electron chi connectivity index (χ1n) is 20.6. The van der Waals surface area contributed by atoms with Crippen LogP contribution in [0.5, 0.6) is 0 Å². The van der Waals surface area contributed by atoms with Crippen LogP contribution in [0.4, 0.5) is 4.79 Å². The third-order valence-electron chi connectivity index (χ3n) is 11.7. The van der Waals surface area contributed by atoms with Crippen molar-refractivity contribution in [3.63, 3.8) is 0 Å². The van der Waals surface area contributed by atoms with E-state index in [9.17, 15) is 27.6 Å². The van der Waals surface area contributed by atoms with E-state index in [0.717, 1.165) is 42.4 Å². The Kier molecular flexibility index (Phi) is 12.3. The van der Waals surface area contributed by atoms with Crippen LogP contribution >= 0.6 is 0 Å². The van der Waals surface area contributed by atoms with Crippen LogP contribution in [-0.2, 0) is 35.6 Å². The van der Waals surface area contributed by atoms with E-state index in [0.29, 0.717) is 11.4 Å². The molecule has 4 amide bonds. The molecule has 14 nitrogen and oxygen atoms in total. The number of amides is 4. The van der Waals surface area contributed by atoms with Gasteiger partial charge in [0.05, 0.1) is 11.8 Å². The number of alkyl carbamates (subject to hydrolysis) is 1. The first-order chi connectivity index (χ1) is 28.7. The quantitative estimate of drug-likeness (QED) is 0.137. The Morgan fingerprint density at radius 1 is 0.900 bits per heavy atom. The molecule has 60 heavy (non-hydrogen) atoms. The highest BCUT2D eigenvalue weighted by molar-refractivity contribution is 7.90. The number of nitrogens with one attached hydrogen (secondary N) is 3. The highest BCUT2D eigenvalue weighted by atomic mass is 32.2. The lowest BCUT2D eigenvalue weighted by Crippen LogP contribution is -2.60. The molecule has 15 heteroatoms. The fraction of sp³-hybridized carbons (Fsp3) is 0.422. The number of aryl methyl sites for hydroxylation is 1. The SMILES string of the molecule is C=CC1CC1(NC(=O)C1CC(n2nc(-c3ccccc3)c(-c3ccccc3)n2)CN1C(=O)C(NC(=O)OC1CCCC1)C(C)(C)C)C(=O)NS(=O)(=O)CCc1ccccc1. The Morgan fingerprint density at radius 3 is 2.00 bits per heavy atom. The van der Waals surface area contributed by atoms with E-state index in [4.69, 9.17) is 14.9 Å². The summed E-state index contributed by atoms with van der Waals surface area (Å²) in [5.41, 5.74) is 1.27. The molecule has 2 saturated carbocycles. The summed E-state index contributed by atoms with van der Waals surface area (Å²) in [6.07, 6.45) is 4.34. The van der Waals surface area contributed by atoms with Crippen LogP contribution in [0.15, 0.2) is 104 Å². The lowest BCUT2D eigenvalue weighted by atomic mass is 9.85. The van der Waals surface area contributed by atoms with Crippen LogP contribution in [0.25, 0.3) is 22.5 Å². The fourth-order valence-electron chi connectivity index (χ4n) is 8.18. The second kappa shape index (κ2) is 17.4. The number of sulfonamides is 1. The predicted octanol–water partition coefficient (Wildman–Crippen LogP) is 5.59. The van der Waals surface area contributed by atoms with Gasteiger partial charge in [-0.3, -0.25) is 19.1 Å². The largest absolute Gasteiger partial charge is 0.446 e. The second-order valence-corrected chi connectivity index (χ2v) is 18.9. The number of hydrogen-bond donors (Lipinski definition) is 3. The Labute approximate surface area is 351 Å².